The highest BCUT2D eigenvalue weighted by molar-refractivity contribution is 8.93. The SMILES string of the molecule is Br.Br.CCCN(CCCCCCN1CCc2ccccc21)[C@H]1CCc2c(ccc(O)c2O)C1. The van der Waals surface area contributed by atoms with Crippen LogP contribution in [0.3, 0.4) is 0 Å². The van der Waals surface area contributed by atoms with Crippen LogP contribution in [-0.4, -0.2) is 47.3 Å². The summed E-state index contributed by atoms with van der Waals surface area (Å²) in [5, 5.41) is 19.9. The summed E-state index contributed by atoms with van der Waals surface area (Å²) in [4.78, 5) is 5.23. The van der Waals surface area contributed by atoms with Crippen LogP contribution in [0.2, 0.25) is 0 Å². The Morgan fingerprint density at radius 3 is 2.52 bits per heavy atom. The van der Waals surface area contributed by atoms with Gasteiger partial charge < -0.3 is 20.0 Å². The van der Waals surface area contributed by atoms with E-state index in [0.29, 0.717) is 6.04 Å². The van der Waals surface area contributed by atoms with Gasteiger partial charge in [0, 0.05) is 30.4 Å². The second kappa shape index (κ2) is 13.6. The Bertz CT molecular complexity index is 877. The summed E-state index contributed by atoms with van der Waals surface area (Å²) in [7, 11) is 0. The van der Waals surface area contributed by atoms with Crippen LogP contribution in [0.4, 0.5) is 5.69 Å². The van der Waals surface area contributed by atoms with Gasteiger partial charge in [-0.25, -0.2) is 0 Å². The van der Waals surface area contributed by atoms with Crippen molar-refractivity contribution in [2.45, 2.75) is 70.8 Å². The molecule has 1 aliphatic heterocycles. The van der Waals surface area contributed by atoms with E-state index in [1.165, 1.54) is 75.0 Å². The number of fused-ring (bicyclic) bond motifs is 2. The number of aromatic hydroxyl groups is 2. The Kier molecular flexibility index (Phi) is 11.5. The van der Waals surface area contributed by atoms with Gasteiger partial charge in [-0.3, -0.25) is 0 Å². The van der Waals surface area contributed by atoms with Gasteiger partial charge in [-0.05, 0) is 81.3 Å². The summed E-state index contributed by atoms with van der Waals surface area (Å²) >= 11 is 0. The number of phenolic OH excluding ortho intramolecular Hbond substituents is 2. The quantitative estimate of drug-likeness (QED) is 0.249. The Balaban J connectivity index is 0.00000193. The monoisotopic (exact) mass is 582 g/mol. The molecule has 2 aromatic rings. The first-order valence-corrected chi connectivity index (χ1v) is 12.3. The first kappa shape index (κ1) is 28.0. The number of halogens is 2. The Hall–Kier alpha value is -1.24. The third-order valence-electron chi connectivity index (χ3n) is 7.18. The van der Waals surface area contributed by atoms with Gasteiger partial charge in [-0.2, -0.15) is 0 Å². The minimum absolute atomic E-state index is 0. The van der Waals surface area contributed by atoms with Gasteiger partial charge in [0.2, 0.25) is 0 Å². The van der Waals surface area contributed by atoms with Crippen molar-refractivity contribution in [3.63, 3.8) is 0 Å². The lowest BCUT2D eigenvalue weighted by Gasteiger charge is -2.35. The van der Waals surface area contributed by atoms with Crippen molar-refractivity contribution in [2.75, 3.05) is 31.1 Å². The molecule has 4 nitrogen and oxygen atoms in total. The van der Waals surface area contributed by atoms with Gasteiger partial charge in [-0.15, -0.1) is 34.0 Å². The van der Waals surface area contributed by atoms with E-state index in [1.807, 2.05) is 6.07 Å². The van der Waals surface area contributed by atoms with Crippen molar-refractivity contribution in [1.29, 1.82) is 0 Å². The Morgan fingerprint density at radius 2 is 1.70 bits per heavy atom. The fraction of sp³-hybridized carbons (Fsp3) is 0.556. The third kappa shape index (κ3) is 6.89. The van der Waals surface area contributed by atoms with Crippen LogP contribution in [0.1, 0.15) is 62.1 Å². The zero-order valence-electron chi connectivity index (χ0n) is 19.8. The van der Waals surface area contributed by atoms with E-state index in [9.17, 15) is 10.2 Å². The molecule has 0 unspecified atom stereocenters. The fourth-order valence-corrected chi connectivity index (χ4v) is 5.49. The van der Waals surface area contributed by atoms with Gasteiger partial charge in [0.25, 0.3) is 0 Å². The molecule has 184 valence electrons. The molecule has 2 N–H and O–H groups in total. The van der Waals surface area contributed by atoms with Gasteiger partial charge >= 0.3 is 0 Å². The molecule has 2 aliphatic rings. The molecule has 1 aliphatic carbocycles. The van der Waals surface area contributed by atoms with Crippen molar-refractivity contribution in [3.05, 3.63) is 53.1 Å². The molecule has 0 aromatic heterocycles. The van der Waals surface area contributed by atoms with Crippen LogP contribution >= 0.6 is 34.0 Å². The molecule has 0 fully saturated rings. The van der Waals surface area contributed by atoms with E-state index in [4.69, 9.17) is 0 Å². The fourth-order valence-electron chi connectivity index (χ4n) is 5.49. The van der Waals surface area contributed by atoms with Crippen molar-refractivity contribution in [1.82, 2.24) is 4.90 Å². The van der Waals surface area contributed by atoms with Crippen molar-refractivity contribution >= 4 is 39.7 Å². The van der Waals surface area contributed by atoms with Crippen LogP contribution in [0, 0.1) is 0 Å². The molecule has 0 saturated carbocycles. The maximum absolute atomic E-state index is 10.2. The van der Waals surface area contributed by atoms with E-state index in [2.05, 4.69) is 41.0 Å². The molecule has 0 bridgehead atoms. The number of anilines is 1. The van der Waals surface area contributed by atoms with Gasteiger partial charge in [0.15, 0.2) is 11.5 Å². The van der Waals surface area contributed by atoms with Gasteiger partial charge in [0.05, 0.1) is 0 Å². The zero-order chi connectivity index (χ0) is 21.6. The molecule has 1 heterocycles. The lowest BCUT2D eigenvalue weighted by Crippen LogP contribution is -2.40. The van der Waals surface area contributed by atoms with Crippen LogP contribution in [-0.2, 0) is 19.3 Å². The first-order valence-electron chi connectivity index (χ1n) is 12.3. The standard InChI is InChI=1S/C27H38N2O2.2BrH/c1-2-16-28(23-12-13-24-22(20-23)11-14-26(30)27(24)31)17-7-3-4-8-18-29-19-15-21-9-5-6-10-25(21)29;;/h5-6,9-11,14,23,30-31H,2-4,7-8,12-13,15-20H2,1H3;2*1H/t23-;;/m0../s1. The van der Waals surface area contributed by atoms with E-state index < -0.39 is 0 Å². The molecule has 33 heavy (non-hydrogen) atoms. The van der Waals surface area contributed by atoms with E-state index >= 15 is 0 Å². The Morgan fingerprint density at radius 1 is 0.909 bits per heavy atom. The number of para-hydroxylation sites is 1. The number of rotatable bonds is 10. The predicted molar refractivity (Wildman–Crippen MR) is 149 cm³/mol. The molecular formula is C27H40Br2N2O2. The third-order valence-corrected chi connectivity index (χ3v) is 7.18. The van der Waals surface area contributed by atoms with E-state index in [1.54, 1.807) is 6.07 Å². The highest BCUT2D eigenvalue weighted by Gasteiger charge is 2.26. The summed E-state index contributed by atoms with van der Waals surface area (Å²) in [6.45, 7) is 6.95. The van der Waals surface area contributed by atoms with Crippen LogP contribution < -0.4 is 4.90 Å². The minimum Gasteiger partial charge on any atom is -0.504 e. The summed E-state index contributed by atoms with van der Waals surface area (Å²) < 4.78 is 0. The lowest BCUT2D eigenvalue weighted by molar-refractivity contribution is 0.175. The van der Waals surface area contributed by atoms with Crippen LogP contribution in [0.5, 0.6) is 11.5 Å². The predicted octanol–water partition coefficient (Wildman–Crippen LogP) is 6.45. The average Bonchev–Trinajstić information content (AvgIpc) is 3.21. The highest BCUT2D eigenvalue weighted by atomic mass is 79.9. The maximum Gasteiger partial charge on any atom is 0.160 e. The number of benzene rings is 2. The lowest BCUT2D eigenvalue weighted by atomic mass is 9.86. The second-order valence-electron chi connectivity index (χ2n) is 9.28. The molecule has 2 aromatic carbocycles. The summed E-state index contributed by atoms with van der Waals surface area (Å²) in [5.74, 6) is 0.110. The van der Waals surface area contributed by atoms with E-state index in [-0.39, 0.29) is 45.5 Å². The van der Waals surface area contributed by atoms with E-state index in [0.717, 1.165) is 31.4 Å². The van der Waals surface area contributed by atoms with Crippen molar-refractivity contribution in [3.8, 4) is 11.5 Å². The number of phenols is 2. The topological polar surface area (TPSA) is 46.9 Å². The molecule has 0 saturated heterocycles. The van der Waals surface area contributed by atoms with Crippen LogP contribution in [0.15, 0.2) is 36.4 Å². The van der Waals surface area contributed by atoms with Crippen molar-refractivity contribution in [2.24, 2.45) is 0 Å². The average molecular weight is 584 g/mol. The first-order chi connectivity index (χ1) is 15.2. The number of unbranched alkanes of at least 4 members (excludes halogenated alkanes) is 3. The number of hydrogen-bond acceptors (Lipinski definition) is 4. The summed E-state index contributed by atoms with van der Waals surface area (Å²) in [6.07, 6.45) is 10.4. The minimum atomic E-state index is 0. The molecule has 1 atom stereocenters. The summed E-state index contributed by atoms with van der Waals surface area (Å²) in [5.41, 5.74) is 5.12. The Labute approximate surface area is 220 Å². The summed E-state index contributed by atoms with van der Waals surface area (Å²) in [6, 6.07) is 13.0. The van der Waals surface area contributed by atoms with Crippen molar-refractivity contribution < 1.29 is 10.2 Å². The van der Waals surface area contributed by atoms with Gasteiger partial charge in [-0.1, -0.05) is 44.0 Å². The highest BCUT2D eigenvalue weighted by Crippen LogP contribution is 2.37. The zero-order valence-corrected chi connectivity index (χ0v) is 23.3. The maximum atomic E-state index is 10.2. The molecule has 4 rings (SSSR count). The molecular weight excluding hydrogens is 544 g/mol. The molecule has 0 amide bonds. The largest absolute Gasteiger partial charge is 0.504 e. The molecule has 0 spiro atoms. The van der Waals surface area contributed by atoms with Crippen LogP contribution in [0.25, 0.3) is 0 Å². The number of nitrogens with zero attached hydrogens (tertiary/aromatic N) is 2. The number of hydrogen-bond donors (Lipinski definition) is 2. The molecule has 6 heteroatoms. The second-order valence-corrected chi connectivity index (χ2v) is 9.28. The normalized spacial score (nSPS) is 16.7. The molecule has 0 radical (unpaired) electrons. The smallest absolute Gasteiger partial charge is 0.160 e. The van der Waals surface area contributed by atoms with Gasteiger partial charge in [0.1, 0.15) is 0 Å².